The Morgan fingerprint density at radius 3 is 1.12 bits per heavy atom. The molecular weight excluding hydrogens is 806 g/mol. The van der Waals surface area contributed by atoms with Crippen molar-refractivity contribution < 1.29 is 88.5 Å². The lowest BCUT2D eigenvalue weighted by Gasteiger charge is -2.20. The van der Waals surface area contributed by atoms with Crippen molar-refractivity contribution in [3.8, 4) is 23.3 Å². The molecule has 302 valence electrons. The molecular formula is C36H20F18O2. The van der Waals surface area contributed by atoms with Gasteiger partial charge in [-0.15, -0.1) is 0 Å². The standard InChI is InChI=1S/C36H20F18O2/c37-21-9-17(10-22(38)31(21)35(51,52)55-19-13-25(41)29(26(42)14-19)33(45,46)47)7-5-3-1-2-4-6-8-18-11-23(39)32(24(40)12-18)36(53,54)56-20-15-27(43)30(28(44)16-20)34(48,49)50/h9-16H,1-5,7H2. The van der Waals surface area contributed by atoms with Crippen LogP contribution < -0.4 is 9.47 Å². The molecule has 0 bridgehead atoms. The lowest BCUT2D eigenvalue weighted by atomic mass is 10.0. The molecule has 0 aliphatic rings. The van der Waals surface area contributed by atoms with Crippen LogP contribution in [-0.2, 0) is 31.0 Å². The second kappa shape index (κ2) is 16.5. The molecule has 0 fully saturated rings. The molecule has 0 heterocycles. The molecule has 4 aromatic carbocycles. The summed E-state index contributed by atoms with van der Waals surface area (Å²) < 4.78 is 256. The Balaban J connectivity index is 1.29. The highest BCUT2D eigenvalue weighted by Crippen LogP contribution is 2.41. The van der Waals surface area contributed by atoms with Gasteiger partial charge in [0.1, 0.15) is 80.3 Å². The monoisotopic (exact) mass is 826 g/mol. The Kier molecular flexibility index (Phi) is 12.8. The van der Waals surface area contributed by atoms with Gasteiger partial charge in [-0.1, -0.05) is 24.7 Å². The number of alkyl halides is 10. The first-order valence-electron chi connectivity index (χ1n) is 15.5. The average molecular weight is 827 g/mol. The van der Waals surface area contributed by atoms with E-state index < -0.39 is 110 Å². The summed E-state index contributed by atoms with van der Waals surface area (Å²) in [5.74, 6) is -15.0. The van der Waals surface area contributed by atoms with Crippen LogP contribution in [-0.4, -0.2) is 0 Å². The number of unbranched alkanes of at least 4 members (excludes halogenated alkanes) is 4. The number of halogens is 18. The van der Waals surface area contributed by atoms with E-state index in [-0.39, 0.29) is 49.1 Å². The fourth-order valence-electron chi connectivity index (χ4n) is 5.19. The van der Waals surface area contributed by atoms with Crippen molar-refractivity contribution in [1.82, 2.24) is 0 Å². The van der Waals surface area contributed by atoms with Crippen LogP contribution in [0.1, 0.15) is 65.5 Å². The minimum absolute atomic E-state index is 0.0520. The van der Waals surface area contributed by atoms with Crippen molar-refractivity contribution >= 4 is 0 Å². The summed E-state index contributed by atoms with van der Waals surface area (Å²) >= 11 is 0. The van der Waals surface area contributed by atoms with Gasteiger partial charge in [-0.2, -0.15) is 43.9 Å². The molecule has 0 aromatic heterocycles. The van der Waals surface area contributed by atoms with Gasteiger partial charge >= 0.3 is 24.6 Å². The van der Waals surface area contributed by atoms with Crippen LogP contribution in [0.15, 0.2) is 48.5 Å². The molecule has 0 radical (unpaired) electrons. The van der Waals surface area contributed by atoms with E-state index in [2.05, 4.69) is 21.3 Å². The fourth-order valence-corrected chi connectivity index (χ4v) is 5.19. The van der Waals surface area contributed by atoms with Gasteiger partial charge in [-0.25, -0.2) is 35.1 Å². The second-order valence-electron chi connectivity index (χ2n) is 11.7. The second-order valence-corrected chi connectivity index (χ2v) is 11.7. The molecule has 0 unspecified atom stereocenters. The van der Waals surface area contributed by atoms with Gasteiger partial charge in [0.15, 0.2) is 0 Å². The first-order valence-corrected chi connectivity index (χ1v) is 15.5. The van der Waals surface area contributed by atoms with E-state index >= 15 is 0 Å². The molecule has 20 heteroatoms. The van der Waals surface area contributed by atoms with Crippen LogP contribution in [0.2, 0.25) is 0 Å². The molecule has 0 aliphatic carbocycles. The maximum absolute atomic E-state index is 14.6. The Hall–Kier alpha value is -5.22. The molecule has 0 N–H and O–H groups in total. The summed E-state index contributed by atoms with van der Waals surface area (Å²) in [6, 6.07) is 0.830. The molecule has 4 aromatic rings. The Morgan fingerprint density at radius 2 is 0.750 bits per heavy atom. The highest BCUT2D eigenvalue weighted by molar-refractivity contribution is 5.40. The molecule has 4 rings (SSSR count). The van der Waals surface area contributed by atoms with Crippen LogP contribution in [0.25, 0.3) is 0 Å². The predicted molar refractivity (Wildman–Crippen MR) is 158 cm³/mol. The largest absolute Gasteiger partial charge is 0.432 e. The Labute approximate surface area is 303 Å². The maximum atomic E-state index is 14.6. The molecule has 2 nitrogen and oxygen atoms in total. The average Bonchev–Trinajstić information content (AvgIpc) is 2.98. The summed E-state index contributed by atoms with van der Waals surface area (Å²) in [6.07, 6.45) is -19.6. The van der Waals surface area contributed by atoms with E-state index in [4.69, 9.17) is 0 Å². The van der Waals surface area contributed by atoms with Gasteiger partial charge in [-0.3, -0.25) is 0 Å². The molecule has 0 amide bonds. The van der Waals surface area contributed by atoms with Crippen LogP contribution >= 0.6 is 0 Å². The van der Waals surface area contributed by atoms with Crippen molar-refractivity contribution in [3.05, 3.63) is 128 Å². The number of hydrogen-bond donors (Lipinski definition) is 0. The third-order valence-corrected chi connectivity index (χ3v) is 7.57. The number of benzene rings is 4. The first-order chi connectivity index (χ1) is 25.8. The van der Waals surface area contributed by atoms with Crippen LogP contribution in [0, 0.1) is 58.4 Å². The van der Waals surface area contributed by atoms with Gasteiger partial charge in [0, 0.05) is 36.2 Å². The molecule has 0 spiro atoms. The zero-order valence-electron chi connectivity index (χ0n) is 27.5. The van der Waals surface area contributed by atoms with E-state index in [1.54, 1.807) is 0 Å². The predicted octanol–water partition coefficient (Wildman–Crippen LogP) is 12.6. The fraction of sp³-hybridized carbons (Fsp3) is 0.278. The summed E-state index contributed by atoms with van der Waals surface area (Å²) in [7, 11) is 0. The van der Waals surface area contributed by atoms with Gasteiger partial charge < -0.3 is 9.47 Å². The number of ether oxygens (including phenoxy) is 2. The van der Waals surface area contributed by atoms with Crippen molar-refractivity contribution in [2.24, 2.45) is 0 Å². The summed E-state index contributed by atoms with van der Waals surface area (Å²) in [6.45, 7) is 0. The molecule has 0 atom stereocenters. The zero-order chi connectivity index (χ0) is 42.0. The minimum Gasteiger partial charge on any atom is -0.429 e. The number of rotatable bonds is 12. The van der Waals surface area contributed by atoms with Gasteiger partial charge in [0.25, 0.3) is 0 Å². The molecule has 56 heavy (non-hydrogen) atoms. The molecule has 0 saturated heterocycles. The topological polar surface area (TPSA) is 18.5 Å². The smallest absolute Gasteiger partial charge is 0.429 e. The third kappa shape index (κ3) is 10.3. The highest BCUT2D eigenvalue weighted by Gasteiger charge is 2.45. The van der Waals surface area contributed by atoms with Crippen molar-refractivity contribution in [3.63, 3.8) is 0 Å². The first kappa shape index (κ1) is 43.5. The number of aryl methyl sites for hydroxylation is 1. The van der Waals surface area contributed by atoms with E-state index in [1.807, 2.05) is 0 Å². The van der Waals surface area contributed by atoms with Crippen LogP contribution in [0.4, 0.5) is 79.0 Å². The lowest BCUT2D eigenvalue weighted by molar-refractivity contribution is -0.190. The van der Waals surface area contributed by atoms with Crippen molar-refractivity contribution in [2.45, 2.75) is 63.1 Å². The van der Waals surface area contributed by atoms with Crippen molar-refractivity contribution in [1.29, 1.82) is 0 Å². The van der Waals surface area contributed by atoms with E-state index in [0.717, 1.165) is 0 Å². The lowest BCUT2D eigenvalue weighted by Crippen LogP contribution is -2.26. The minimum atomic E-state index is -5.53. The third-order valence-electron chi connectivity index (χ3n) is 7.57. The normalized spacial score (nSPS) is 12.4. The molecule has 0 saturated carbocycles. The number of hydrogen-bond acceptors (Lipinski definition) is 2. The highest BCUT2D eigenvalue weighted by atomic mass is 19.4. The van der Waals surface area contributed by atoms with Gasteiger partial charge in [0.2, 0.25) is 0 Å². The quantitative estimate of drug-likeness (QED) is 0.0805. The maximum Gasteiger partial charge on any atom is 0.432 e. The Bertz CT molecular complexity index is 2050. The summed E-state index contributed by atoms with van der Waals surface area (Å²) in [4.78, 5) is 0. The van der Waals surface area contributed by atoms with Gasteiger partial charge in [0.05, 0.1) is 0 Å². The van der Waals surface area contributed by atoms with Gasteiger partial charge in [-0.05, 0) is 49.1 Å². The van der Waals surface area contributed by atoms with E-state index in [1.165, 1.54) is 0 Å². The van der Waals surface area contributed by atoms with E-state index in [9.17, 15) is 79.0 Å². The van der Waals surface area contributed by atoms with Crippen LogP contribution in [0.5, 0.6) is 11.5 Å². The summed E-state index contributed by atoms with van der Waals surface area (Å²) in [5, 5.41) is 0. The van der Waals surface area contributed by atoms with E-state index in [0.29, 0.717) is 43.5 Å². The zero-order valence-corrected chi connectivity index (χ0v) is 27.5. The van der Waals surface area contributed by atoms with Crippen LogP contribution in [0.3, 0.4) is 0 Å². The summed E-state index contributed by atoms with van der Waals surface area (Å²) in [5.41, 5.74) is -9.36. The SMILES string of the molecule is Fc1cc(OC(F)(F)c2c(F)cc(C#CCCCCCCc3cc(F)c(C(F)(F)Oc4cc(F)c(C(F)(F)F)c(F)c4)c(F)c3)cc2F)cc(F)c1C(F)(F)F. The van der Waals surface area contributed by atoms with Crippen molar-refractivity contribution in [2.75, 3.05) is 0 Å². The molecule has 0 aliphatic heterocycles. The Morgan fingerprint density at radius 1 is 0.411 bits per heavy atom.